The smallest absolute Gasteiger partial charge is 0.318 e. The van der Waals surface area contributed by atoms with Gasteiger partial charge < -0.3 is 19.5 Å². The molecule has 1 N–H and O–H groups in total. The minimum absolute atomic E-state index is 0.0668. The van der Waals surface area contributed by atoms with Crippen LogP contribution in [0.5, 0.6) is 0 Å². The van der Waals surface area contributed by atoms with E-state index < -0.39 is 0 Å². The summed E-state index contributed by atoms with van der Waals surface area (Å²) in [6.07, 6.45) is 11.6. The molecule has 0 unspecified atom stereocenters. The number of nitrogens with zero attached hydrogens (tertiary/aromatic N) is 2. The van der Waals surface area contributed by atoms with Crippen LogP contribution in [0.2, 0.25) is 0 Å². The van der Waals surface area contributed by atoms with E-state index in [1.807, 2.05) is 12.1 Å². The molecule has 1 saturated heterocycles. The third kappa shape index (κ3) is 3.58. The van der Waals surface area contributed by atoms with Crippen LogP contribution in [0, 0.1) is 17.8 Å². The standard InChI is InChI=1S/C23H35N3O2/c1-2-25-7-5-20(6-8-25)26(16-21-4-3-9-28-21)22(27)24-23-13-17-10-18(14-23)12-19(11-17)15-23/h3-4,9,17-20H,2,5-8,10-16H2,1H3,(H,24,27). The number of rotatable bonds is 5. The van der Waals surface area contributed by atoms with Crippen LogP contribution in [-0.4, -0.2) is 47.0 Å². The average molecular weight is 386 g/mol. The number of likely N-dealkylation sites (tertiary alicyclic amines) is 1. The Kier molecular flexibility index (Phi) is 4.90. The summed E-state index contributed by atoms with van der Waals surface area (Å²) in [6.45, 7) is 6.08. The topological polar surface area (TPSA) is 48.7 Å². The van der Waals surface area contributed by atoms with E-state index in [1.165, 1.54) is 38.5 Å². The number of hydrogen-bond donors (Lipinski definition) is 1. The highest BCUT2D eigenvalue weighted by atomic mass is 16.3. The van der Waals surface area contributed by atoms with E-state index in [4.69, 9.17) is 4.42 Å². The largest absolute Gasteiger partial charge is 0.467 e. The number of carbonyl (C=O) groups is 1. The molecule has 5 heteroatoms. The number of furan rings is 1. The Hall–Kier alpha value is -1.49. The van der Waals surface area contributed by atoms with Crippen molar-refractivity contribution in [3.63, 3.8) is 0 Å². The van der Waals surface area contributed by atoms with Crippen molar-refractivity contribution in [3.8, 4) is 0 Å². The Morgan fingerprint density at radius 2 is 1.82 bits per heavy atom. The molecular weight excluding hydrogens is 350 g/mol. The van der Waals surface area contributed by atoms with E-state index in [2.05, 4.69) is 22.0 Å². The predicted molar refractivity (Wildman–Crippen MR) is 109 cm³/mol. The molecule has 28 heavy (non-hydrogen) atoms. The van der Waals surface area contributed by atoms with Crippen molar-refractivity contribution >= 4 is 6.03 Å². The van der Waals surface area contributed by atoms with Gasteiger partial charge >= 0.3 is 6.03 Å². The van der Waals surface area contributed by atoms with Gasteiger partial charge in [-0.3, -0.25) is 0 Å². The summed E-state index contributed by atoms with van der Waals surface area (Å²) < 4.78 is 5.61. The molecule has 1 aromatic rings. The second-order valence-electron chi connectivity index (χ2n) is 10.0. The number of piperidine rings is 1. The summed E-state index contributed by atoms with van der Waals surface area (Å²) in [5.41, 5.74) is 0.0668. The highest BCUT2D eigenvalue weighted by molar-refractivity contribution is 5.75. The lowest BCUT2D eigenvalue weighted by molar-refractivity contribution is -0.0174. The molecule has 5 nitrogen and oxygen atoms in total. The van der Waals surface area contributed by atoms with E-state index in [0.717, 1.165) is 56.0 Å². The molecular formula is C23H35N3O2. The van der Waals surface area contributed by atoms with Crippen molar-refractivity contribution in [1.82, 2.24) is 15.1 Å². The fourth-order valence-corrected chi connectivity index (χ4v) is 7.05. The summed E-state index contributed by atoms with van der Waals surface area (Å²) >= 11 is 0. The number of urea groups is 1. The normalized spacial score (nSPS) is 35.2. The van der Waals surface area contributed by atoms with Crippen LogP contribution < -0.4 is 5.32 Å². The molecule has 2 heterocycles. The Balaban J connectivity index is 1.31. The van der Waals surface area contributed by atoms with Gasteiger partial charge in [0.1, 0.15) is 5.76 Å². The van der Waals surface area contributed by atoms with Crippen LogP contribution >= 0.6 is 0 Å². The molecule has 4 bridgehead atoms. The summed E-state index contributed by atoms with van der Waals surface area (Å²) in [4.78, 5) is 18.1. The molecule has 1 aliphatic heterocycles. The number of amides is 2. The molecule has 4 aliphatic carbocycles. The van der Waals surface area contributed by atoms with Gasteiger partial charge in [-0.05, 0) is 87.8 Å². The third-order valence-corrected chi connectivity index (χ3v) is 8.02. The van der Waals surface area contributed by atoms with Gasteiger partial charge in [-0.1, -0.05) is 6.92 Å². The molecule has 6 rings (SSSR count). The van der Waals surface area contributed by atoms with Crippen LogP contribution in [0.15, 0.2) is 22.8 Å². The summed E-state index contributed by atoms with van der Waals surface area (Å²) in [6, 6.07) is 4.37. The van der Waals surface area contributed by atoms with E-state index in [9.17, 15) is 4.79 Å². The Bertz CT molecular complexity index is 643. The molecule has 154 valence electrons. The zero-order valence-electron chi connectivity index (χ0n) is 17.2. The molecule has 0 radical (unpaired) electrons. The second kappa shape index (κ2) is 7.40. The zero-order chi connectivity index (χ0) is 19.1. The van der Waals surface area contributed by atoms with Crippen molar-refractivity contribution in [2.75, 3.05) is 19.6 Å². The highest BCUT2D eigenvalue weighted by Gasteiger charge is 2.52. The van der Waals surface area contributed by atoms with Crippen LogP contribution in [0.1, 0.15) is 64.1 Å². The van der Waals surface area contributed by atoms with Crippen molar-refractivity contribution in [1.29, 1.82) is 0 Å². The van der Waals surface area contributed by atoms with Gasteiger partial charge in [-0.25, -0.2) is 4.79 Å². The molecule has 5 aliphatic rings. The SMILES string of the molecule is CCN1CCC(N(Cc2ccco2)C(=O)NC23CC4CC(CC(C4)C2)C3)CC1. The Morgan fingerprint density at radius 1 is 1.18 bits per heavy atom. The first kappa shape index (κ1) is 18.5. The van der Waals surface area contributed by atoms with Gasteiger partial charge in [0.2, 0.25) is 0 Å². The molecule has 5 fully saturated rings. The molecule has 1 aromatic heterocycles. The maximum Gasteiger partial charge on any atom is 0.318 e. The average Bonchev–Trinajstić information content (AvgIpc) is 3.18. The van der Waals surface area contributed by atoms with Gasteiger partial charge in [0, 0.05) is 24.7 Å². The van der Waals surface area contributed by atoms with Crippen molar-refractivity contribution in [2.45, 2.75) is 76.4 Å². The second-order valence-corrected chi connectivity index (χ2v) is 10.0. The zero-order valence-corrected chi connectivity index (χ0v) is 17.2. The predicted octanol–water partition coefficient (Wildman–Crippen LogP) is 4.24. The van der Waals surface area contributed by atoms with Crippen molar-refractivity contribution in [2.24, 2.45) is 17.8 Å². The molecule has 2 amide bonds. The molecule has 0 atom stereocenters. The molecule has 0 spiro atoms. The molecule has 0 aromatic carbocycles. The number of carbonyl (C=O) groups excluding carboxylic acids is 1. The van der Waals surface area contributed by atoms with Gasteiger partial charge in [0.05, 0.1) is 12.8 Å². The fourth-order valence-electron chi connectivity index (χ4n) is 7.05. The maximum atomic E-state index is 13.6. The first-order valence-electron chi connectivity index (χ1n) is 11.5. The summed E-state index contributed by atoms with van der Waals surface area (Å²) in [5.74, 6) is 3.42. The lowest BCUT2D eigenvalue weighted by Gasteiger charge is -2.57. The van der Waals surface area contributed by atoms with Crippen molar-refractivity contribution < 1.29 is 9.21 Å². The summed E-state index contributed by atoms with van der Waals surface area (Å²) in [7, 11) is 0. The summed E-state index contributed by atoms with van der Waals surface area (Å²) in [5, 5.41) is 3.59. The van der Waals surface area contributed by atoms with Crippen LogP contribution in [0.4, 0.5) is 4.79 Å². The van der Waals surface area contributed by atoms with E-state index in [0.29, 0.717) is 12.6 Å². The van der Waals surface area contributed by atoms with Gasteiger partial charge in [-0.15, -0.1) is 0 Å². The van der Waals surface area contributed by atoms with E-state index >= 15 is 0 Å². The van der Waals surface area contributed by atoms with Gasteiger partial charge in [-0.2, -0.15) is 0 Å². The number of nitrogens with one attached hydrogen (secondary N) is 1. The Labute approximate surface area is 168 Å². The maximum absolute atomic E-state index is 13.6. The van der Waals surface area contributed by atoms with E-state index in [1.54, 1.807) is 6.26 Å². The van der Waals surface area contributed by atoms with Crippen LogP contribution in [0.25, 0.3) is 0 Å². The lowest BCUT2D eigenvalue weighted by atomic mass is 9.53. The van der Waals surface area contributed by atoms with Crippen LogP contribution in [-0.2, 0) is 6.54 Å². The Morgan fingerprint density at radius 3 is 2.36 bits per heavy atom. The quantitative estimate of drug-likeness (QED) is 0.824. The van der Waals surface area contributed by atoms with Gasteiger partial charge in [0.25, 0.3) is 0 Å². The van der Waals surface area contributed by atoms with Gasteiger partial charge in [0.15, 0.2) is 0 Å². The first-order chi connectivity index (χ1) is 13.6. The van der Waals surface area contributed by atoms with Crippen LogP contribution in [0.3, 0.4) is 0 Å². The highest BCUT2D eigenvalue weighted by Crippen LogP contribution is 2.55. The van der Waals surface area contributed by atoms with E-state index in [-0.39, 0.29) is 11.6 Å². The molecule has 4 saturated carbocycles. The minimum atomic E-state index is 0.0668. The lowest BCUT2D eigenvalue weighted by Crippen LogP contribution is -2.63. The minimum Gasteiger partial charge on any atom is -0.467 e. The number of hydrogen-bond acceptors (Lipinski definition) is 3. The van der Waals surface area contributed by atoms with Crippen molar-refractivity contribution in [3.05, 3.63) is 24.2 Å². The fraction of sp³-hybridized carbons (Fsp3) is 0.783. The third-order valence-electron chi connectivity index (χ3n) is 8.02. The monoisotopic (exact) mass is 385 g/mol. The first-order valence-corrected chi connectivity index (χ1v) is 11.5.